The van der Waals surface area contributed by atoms with Crippen LogP contribution in [0.25, 0.3) is 0 Å². The minimum absolute atomic E-state index is 0. The first-order valence-electron chi connectivity index (χ1n) is 22.7. The van der Waals surface area contributed by atoms with Gasteiger partial charge in [0.05, 0.1) is 69.8 Å². The van der Waals surface area contributed by atoms with Crippen LogP contribution in [0.15, 0.2) is 12.4 Å². The van der Waals surface area contributed by atoms with E-state index in [0.717, 1.165) is 6.42 Å². The van der Waals surface area contributed by atoms with Gasteiger partial charge >= 0.3 is 5.97 Å². The van der Waals surface area contributed by atoms with Gasteiger partial charge in [-0.05, 0) is 24.7 Å². The number of nitrogens with two attached hydrogens (primary N) is 2. The molecule has 0 spiro atoms. The predicted octanol–water partition coefficient (Wildman–Crippen LogP) is -3.12. The number of nitrogens with zero attached hydrogens (tertiary/aromatic N) is 13. The molecule has 2 aliphatic heterocycles. The molecule has 0 saturated carbocycles. The van der Waals surface area contributed by atoms with Crippen LogP contribution in [0.5, 0.6) is 0 Å². The SMILES string of the molecule is C#CCOCCOCCOCCNc1nc(N2CCN(C(=O)C(CCC(=O)O)n3cc(C(N)CC(C)C)nn3)CC2)nc(N2CCN(C(=O)C(C(C)CC)n3cc(C(N)CO)nn3)CC2)n1.[Cl-]. The lowest BCUT2D eigenvalue weighted by Gasteiger charge is -2.38. The number of aromatic nitrogens is 9. The van der Waals surface area contributed by atoms with Gasteiger partial charge in [-0.3, -0.25) is 14.4 Å². The molecular formula is C42H68ClN16O8-. The average Bonchev–Trinajstić information content (AvgIpc) is 4.02. The number of hydrogen-bond donors (Lipinski definition) is 5. The van der Waals surface area contributed by atoms with Crippen molar-refractivity contribution in [3.63, 3.8) is 0 Å². The molecule has 3 aromatic heterocycles. The number of aliphatic carboxylic acids is 1. The lowest BCUT2D eigenvalue weighted by molar-refractivity contribution is -0.139. The Labute approximate surface area is 397 Å². The monoisotopic (exact) mass is 960 g/mol. The highest BCUT2D eigenvalue weighted by Crippen LogP contribution is 2.27. The second-order valence-corrected chi connectivity index (χ2v) is 16.8. The number of hydrogen-bond acceptors (Lipinski definition) is 19. The van der Waals surface area contributed by atoms with Crippen molar-refractivity contribution in [2.24, 2.45) is 23.3 Å². The molecular weight excluding hydrogens is 892 g/mol. The highest BCUT2D eigenvalue weighted by Gasteiger charge is 2.35. The number of anilines is 3. The summed E-state index contributed by atoms with van der Waals surface area (Å²) in [7, 11) is 0. The van der Waals surface area contributed by atoms with Gasteiger partial charge in [-0.1, -0.05) is 50.5 Å². The van der Waals surface area contributed by atoms with Gasteiger partial charge in [-0.2, -0.15) is 15.0 Å². The van der Waals surface area contributed by atoms with E-state index in [1.165, 1.54) is 4.68 Å². The van der Waals surface area contributed by atoms with E-state index in [9.17, 15) is 24.6 Å². The van der Waals surface area contributed by atoms with E-state index >= 15 is 0 Å². The van der Waals surface area contributed by atoms with Gasteiger partial charge in [0.15, 0.2) is 0 Å². The number of rotatable bonds is 27. The van der Waals surface area contributed by atoms with Crippen molar-refractivity contribution < 1.29 is 51.2 Å². The summed E-state index contributed by atoms with van der Waals surface area (Å²) in [5.74, 6) is 2.51. The lowest BCUT2D eigenvalue weighted by atomic mass is 9.97. The highest BCUT2D eigenvalue weighted by atomic mass is 35.5. The fraction of sp³-hybridized carbons (Fsp3) is 0.714. The summed E-state index contributed by atoms with van der Waals surface area (Å²) in [5, 5.41) is 39.1. The van der Waals surface area contributed by atoms with Crippen molar-refractivity contribution in [2.45, 2.75) is 77.5 Å². The molecule has 0 aromatic carbocycles. The normalized spacial score (nSPS) is 16.5. The third kappa shape index (κ3) is 15.9. The zero-order valence-electron chi connectivity index (χ0n) is 39.0. The van der Waals surface area contributed by atoms with Crippen LogP contribution in [-0.2, 0) is 28.6 Å². The summed E-state index contributed by atoms with van der Waals surface area (Å²) >= 11 is 0. The Kier molecular flexibility index (Phi) is 22.3. The molecule has 0 bridgehead atoms. The standard InChI is InChI=1S/C42H68N16O8.ClH/c1-6-19-64-21-23-66-24-22-65-20-10-45-40-46-41(55-15-11-53(12-16-55)38(62)35(8-9-36(60)61)57-26-33(49-51-57)31(43)25-29(3)4)48-42(47-40)56-17-13-54(14-18-56)39(63)37(30(5)7-2)58-27-34(50-52-58)32(44)28-59;/h1,26-27,29-32,35,37,59H,7-25,28,43-44H2,2-5H3,(H,60,61)(H,45,46,47,48);1H/p-1. The predicted molar refractivity (Wildman–Crippen MR) is 242 cm³/mol. The molecule has 2 saturated heterocycles. The van der Waals surface area contributed by atoms with E-state index in [0.29, 0.717) is 134 Å². The number of terminal acetylenes is 1. The Balaban J connectivity index is 0.00000980. The van der Waals surface area contributed by atoms with E-state index in [2.05, 4.69) is 45.7 Å². The van der Waals surface area contributed by atoms with Crippen LogP contribution in [0.2, 0.25) is 0 Å². The number of carbonyl (C=O) groups is 3. The van der Waals surface area contributed by atoms with E-state index in [-0.39, 0.29) is 62.2 Å². The first-order chi connectivity index (χ1) is 31.8. The maximum atomic E-state index is 14.1. The van der Waals surface area contributed by atoms with Crippen LogP contribution in [-0.4, -0.2) is 188 Å². The molecule has 2 amide bonds. The second kappa shape index (κ2) is 27.5. The smallest absolute Gasteiger partial charge is 0.303 e. The van der Waals surface area contributed by atoms with Crippen molar-refractivity contribution in [2.75, 3.05) is 120 Å². The van der Waals surface area contributed by atoms with Crippen LogP contribution < -0.4 is 39.0 Å². The number of amides is 2. The molecule has 5 atom stereocenters. The topological polar surface area (TPSA) is 296 Å². The van der Waals surface area contributed by atoms with E-state index in [4.69, 9.17) is 47.1 Å². The molecule has 5 heterocycles. The number of piperazine rings is 2. The summed E-state index contributed by atoms with van der Waals surface area (Å²) < 4.78 is 19.5. The van der Waals surface area contributed by atoms with Crippen LogP contribution >= 0.6 is 0 Å². The van der Waals surface area contributed by atoms with Gasteiger partial charge in [0, 0.05) is 65.3 Å². The summed E-state index contributed by atoms with van der Waals surface area (Å²) in [6.07, 6.45) is 9.70. The van der Waals surface area contributed by atoms with Crippen LogP contribution in [0.3, 0.4) is 0 Å². The average molecular weight is 961 g/mol. The number of carboxylic acids is 1. The number of aliphatic hydroxyl groups is 1. The van der Waals surface area contributed by atoms with E-state index in [1.54, 1.807) is 22.0 Å². The minimum atomic E-state index is -1.02. The lowest BCUT2D eigenvalue weighted by Crippen LogP contribution is -3.00. The number of halogens is 1. The number of carbonyl (C=O) groups excluding carboxylic acids is 2. The first kappa shape index (κ1) is 54.3. The van der Waals surface area contributed by atoms with Crippen LogP contribution in [0, 0.1) is 24.2 Å². The Bertz CT molecular complexity index is 2020. The molecule has 0 radical (unpaired) electrons. The number of ether oxygens (including phenoxy) is 3. The van der Waals surface area contributed by atoms with Gasteiger partial charge in [0.2, 0.25) is 29.7 Å². The van der Waals surface area contributed by atoms with Gasteiger partial charge < -0.3 is 73.2 Å². The molecule has 7 N–H and O–H groups in total. The largest absolute Gasteiger partial charge is 1.00 e. The van der Waals surface area contributed by atoms with Crippen molar-refractivity contribution in [3.05, 3.63) is 23.8 Å². The van der Waals surface area contributed by atoms with Gasteiger partial charge in [0.1, 0.15) is 24.4 Å². The molecule has 2 aliphatic rings. The molecule has 67 heavy (non-hydrogen) atoms. The first-order valence-corrected chi connectivity index (χ1v) is 22.7. The fourth-order valence-corrected chi connectivity index (χ4v) is 7.57. The Hall–Kier alpha value is -5.29. The van der Waals surface area contributed by atoms with E-state index < -0.39 is 24.1 Å². The number of carboxylic acid groups (broad SMARTS) is 1. The molecule has 25 heteroatoms. The molecule has 2 fully saturated rings. The summed E-state index contributed by atoms with van der Waals surface area (Å²) in [5.41, 5.74) is 13.3. The van der Waals surface area contributed by atoms with E-state index in [1.807, 2.05) is 28.5 Å². The van der Waals surface area contributed by atoms with Crippen molar-refractivity contribution in [1.29, 1.82) is 0 Å². The highest BCUT2D eigenvalue weighted by molar-refractivity contribution is 5.82. The second-order valence-electron chi connectivity index (χ2n) is 16.8. The summed E-state index contributed by atoms with van der Waals surface area (Å²) in [4.78, 5) is 61.8. The molecule has 5 rings (SSSR count). The van der Waals surface area contributed by atoms with Gasteiger partial charge in [-0.25, -0.2) is 9.36 Å². The van der Waals surface area contributed by atoms with Crippen LogP contribution in [0.1, 0.15) is 88.9 Å². The quantitative estimate of drug-likeness (QED) is 0.0373. The summed E-state index contributed by atoms with van der Waals surface area (Å²) in [6, 6.07) is -2.54. The maximum Gasteiger partial charge on any atom is 0.303 e. The van der Waals surface area contributed by atoms with Gasteiger partial charge in [-0.15, -0.1) is 16.6 Å². The van der Waals surface area contributed by atoms with Crippen molar-refractivity contribution >= 4 is 35.6 Å². The van der Waals surface area contributed by atoms with Crippen molar-refractivity contribution in [1.82, 2.24) is 54.7 Å². The molecule has 372 valence electrons. The summed E-state index contributed by atoms with van der Waals surface area (Å²) in [6.45, 7) is 13.5. The Morgan fingerprint density at radius 2 is 1.33 bits per heavy atom. The minimum Gasteiger partial charge on any atom is -1.00 e. The molecule has 0 aliphatic carbocycles. The molecule has 3 aromatic rings. The number of aliphatic hydroxyl groups excluding tert-OH is 1. The third-order valence-electron chi connectivity index (χ3n) is 11.5. The van der Waals surface area contributed by atoms with Gasteiger partial charge in [0.25, 0.3) is 0 Å². The van der Waals surface area contributed by atoms with Crippen LogP contribution in [0.4, 0.5) is 17.8 Å². The van der Waals surface area contributed by atoms with Crippen molar-refractivity contribution in [3.8, 4) is 12.3 Å². The zero-order chi connectivity index (χ0) is 47.6. The fourth-order valence-electron chi connectivity index (χ4n) is 7.57. The molecule has 24 nitrogen and oxygen atoms in total. The number of nitrogens with one attached hydrogen (secondary N) is 1. The zero-order valence-corrected chi connectivity index (χ0v) is 39.8. The maximum absolute atomic E-state index is 14.1. The Morgan fingerprint density at radius 1 is 0.791 bits per heavy atom. The Morgan fingerprint density at radius 3 is 1.88 bits per heavy atom. The molecule has 5 unspecified atom stereocenters. The third-order valence-corrected chi connectivity index (χ3v) is 11.5.